The van der Waals surface area contributed by atoms with E-state index in [4.69, 9.17) is 9.47 Å². The van der Waals surface area contributed by atoms with E-state index < -0.39 is 0 Å². The Morgan fingerprint density at radius 3 is 2.94 bits per heavy atom. The lowest BCUT2D eigenvalue weighted by atomic mass is 10.3. The first-order chi connectivity index (χ1) is 7.88. The monoisotopic (exact) mass is 221 g/mol. The number of anilines is 1. The van der Waals surface area contributed by atoms with Crippen molar-refractivity contribution < 1.29 is 9.47 Å². The van der Waals surface area contributed by atoms with Crippen molar-refractivity contribution in [3.8, 4) is 5.75 Å². The average molecular weight is 221 g/mol. The number of hydrogen-bond acceptors (Lipinski definition) is 3. The minimum absolute atomic E-state index is 0.600. The Balaban J connectivity index is 1.80. The van der Waals surface area contributed by atoms with Gasteiger partial charge < -0.3 is 14.8 Å². The molecule has 0 aliphatic heterocycles. The molecule has 16 heavy (non-hydrogen) atoms. The molecule has 0 bridgehead atoms. The molecule has 0 unspecified atom stereocenters. The molecule has 1 aromatic carbocycles. The average Bonchev–Trinajstić information content (AvgIpc) is 3.11. The minimum atomic E-state index is 0.600. The van der Waals surface area contributed by atoms with E-state index in [1.165, 1.54) is 12.8 Å². The maximum atomic E-state index is 5.54. The lowest BCUT2D eigenvalue weighted by Crippen LogP contribution is -2.05. The number of ether oxygens (including phenoxy) is 2. The Labute approximate surface area is 96.8 Å². The van der Waals surface area contributed by atoms with Crippen LogP contribution in [0.4, 0.5) is 5.69 Å². The minimum Gasteiger partial charge on any atom is -0.491 e. The van der Waals surface area contributed by atoms with Crippen molar-refractivity contribution in [3.63, 3.8) is 0 Å². The SMILES string of the molecule is COCCOc1cccc(NCC2CC2)c1. The largest absolute Gasteiger partial charge is 0.491 e. The van der Waals surface area contributed by atoms with Crippen LogP contribution in [0.25, 0.3) is 0 Å². The Hall–Kier alpha value is -1.22. The summed E-state index contributed by atoms with van der Waals surface area (Å²) in [6.07, 6.45) is 2.74. The van der Waals surface area contributed by atoms with Crippen LogP contribution in [0.5, 0.6) is 5.75 Å². The van der Waals surface area contributed by atoms with Crippen LogP contribution in [-0.4, -0.2) is 26.9 Å². The molecule has 1 aliphatic carbocycles. The van der Waals surface area contributed by atoms with Crippen molar-refractivity contribution in [2.45, 2.75) is 12.8 Å². The molecule has 1 fully saturated rings. The van der Waals surface area contributed by atoms with Gasteiger partial charge in [0.05, 0.1) is 6.61 Å². The fourth-order valence-electron chi connectivity index (χ4n) is 1.52. The predicted molar refractivity (Wildman–Crippen MR) is 65.0 cm³/mol. The molecule has 3 heteroatoms. The van der Waals surface area contributed by atoms with Crippen LogP contribution in [0.3, 0.4) is 0 Å². The summed E-state index contributed by atoms with van der Waals surface area (Å²) in [6, 6.07) is 8.10. The van der Waals surface area contributed by atoms with Gasteiger partial charge in [0.2, 0.25) is 0 Å². The highest BCUT2D eigenvalue weighted by atomic mass is 16.5. The third-order valence-corrected chi connectivity index (χ3v) is 2.68. The highest BCUT2D eigenvalue weighted by Crippen LogP contribution is 2.29. The summed E-state index contributed by atoms with van der Waals surface area (Å²) in [7, 11) is 1.68. The van der Waals surface area contributed by atoms with Gasteiger partial charge in [-0.3, -0.25) is 0 Å². The molecule has 0 saturated heterocycles. The van der Waals surface area contributed by atoms with E-state index in [0.717, 1.165) is 23.9 Å². The maximum Gasteiger partial charge on any atom is 0.121 e. The summed E-state index contributed by atoms with van der Waals surface area (Å²) >= 11 is 0. The Morgan fingerprint density at radius 1 is 1.31 bits per heavy atom. The highest BCUT2D eigenvalue weighted by molar-refractivity contribution is 5.48. The van der Waals surface area contributed by atoms with Gasteiger partial charge in [-0.2, -0.15) is 0 Å². The van der Waals surface area contributed by atoms with Gasteiger partial charge in [-0.1, -0.05) is 6.07 Å². The predicted octanol–water partition coefficient (Wildman–Crippen LogP) is 2.53. The third kappa shape index (κ3) is 3.74. The van der Waals surface area contributed by atoms with E-state index in [1.54, 1.807) is 7.11 Å². The first-order valence-electron chi connectivity index (χ1n) is 5.84. The van der Waals surface area contributed by atoms with Crippen molar-refractivity contribution in [3.05, 3.63) is 24.3 Å². The number of benzene rings is 1. The first kappa shape index (κ1) is 11.3. The normalized spacial score (nSPS) is 14.8. The van der Waals surface area contributed by atoms with E-state index in [2.05, 4.69) is 11.4 Å². The summed E-state index contributed by atoms with van der Waals surface area (Å²) in [5.41, 5.74) is 1.14. The van der Waals surface area contributed by atoms with Gasteiger partial charge in [-0.05, 0) is 30.9 Å². The fraction of sp³-hybridized carbons (Fsp3) is 0.538. The Morgan fingerprint density at radius 2 is 2.19 bits per heavy atom. The maximum absolute atomic E-state index is 5.54. The molecule has 3 nitrogen and oxygen atoms in total. The molecule has 1 saturated carbocycles. The van der Waals surface area contributed by atoms with E-state index in [0.29, 0.717) is 13.2 Å². The van der Waals surface area contributed by atoms with Gasteiger partial charge in [-0.25, -0.2) is 0 Å². The zero-order valence-corrected chi connectivity index (χ0v) is 9.74. The van der Waals surface area contributed by atoms with E-state index >= 15 is 0 Å². The smallest absolute Gasteiger partial charge is 0.121 e. The molecule has 1 N–H and O–H groups in total. The fourth-order valence-corrected chi connectivity index (χ4v) is 1.52. The molecule has 0 aromatic heterocycles. The second-order valence-electron chi connectivity index (χ2n) is 4.19. The topological polar surface area (TPSA) is 30.5 Å². The van der Waals surface area contributed by atoms with Crippen LogP contribution in [-0.2, 0) is 4.74 Å². The molecule has 0 radical (unpaired) electrons. The molecule has 2 rings (SSSR count). The second kappa shape index (κ2) is 5.75. The Bertz CT molecular complexity index is 323. The van der Waals surface area contributed by atoms with Crippen LogP contribution < -0.4 is 10.1 Å². The van der Waals surface area contributed by atoms with Crippen LogP contribution >= 0.6 is 0 Å². The molecule has 0 amide bonds. The van der Waals surface area contributed by atoms with Crippen molar-refractivity contribution in [1.82, 2.24) is 0 Å². The van der Waals surface area contributed by atoms with Gasteiger partial charge in [-0.15, -0.1) is 0 Å². The lowest BCUT2D eigenvalue weighted by molar-refractivity contribution is 0.146. The molecule has 0 spiro atoms. The van der Waals surface area contributed by atoms with Gasteiger partial charge in [0.1, 0.15) is 12.4 Å². The zero-order valence-electron chi connectivity index (χ0n) is 9.74. The van der Waals surface area contributed by atoms with Gasteiger partial charge in [0, 0.05) is 25.4 Å². The second-order valence-corrected chi connectivity index (χ2v) is 4.19. The first-order valence-corrected chi connectivity index (χ1v) is 5.84. The van der Waals surface area contributed by atoms with Crippen molar-refractivity contribution in [1.29, 1.82) is 0 Å². The van der Waals surface area contributed by atoms with Crippen LogP contribution in [0.15, 0.2) is 24.3 Å². The highest BCUT2D eigenvalue weighted by Gasteiger charge is 2.20. The lowest BCUT2D eigenvalue weighted by Gasteiger charge is -2.09. The summed E-state index contributed by atoms with van der Waals surface area (Å²) in [4.78, 5) is 0. The van der Waals surface area contributed by atoms with Gasteiger partial charge in [0.15, 0.2) is 0 Å². The van der Waals surface area contributed by atoms with Gasteiger partial charge >= 0.3 is 0 Å². The van der Waals surface area contributed by atoms with Crippen molar-refractivity contribution in [2.75, 3.05) is 32.2 Å². The Kier molecular flexibility index (Phi) is 4.05. The van der Waals surface area contributed by atoms with Crippen LogP contribution in [0, 0.1) is 5.92 Å². The number of nitrogens with one attached hydrogen (secondary N) is 1. The summed E-state index contributed by atoms with van der Waals surface area (Å²) in [6.45, 7) is 2.31. The van der Waals surface area contributed by atoms with Crippen molar-refractivity contribution >= 4 is 5.69 Å². The molecule has 88 valence electrons. The van der Waals surface area contributed by atoms with Gasteiger partial charge in [0.25, 0.3) is 0 Å². The molecule has 0 heterocycles. The molecular formula is C13H19NO2. The summed E-state index contributed by atoms with van der Waals surface area (Å²) in [5, 5.41) is 3.43. The number of hydrogen-bond donors (Lipinski definition) is 1. The molecular weight excluding hydrogens is 202 g/mol. The zero-order chi connectivity index (χ0) is 11.2. The summed E-state index contributed by atoms with van der Waals surface area (Å²) < 4.78 is 10.5. The number of methoxy groups -OCH3 is 1. The molecule has 1 aliphatic rings. The van der Waals surface area contributed by atoms with Crippen LogP contribution in [0.1, 0.15) is 12.8 Å². The third-order valence-electron chi connectivity index (χ3n) is 2.68. The van der Waals surface area contributed by atoms with Crippen molar-refractivity contribution in [2.24, 2.45) is 5.92 Å². The van der Waals surface area contributed by atoms with Crippen LogP contribution in [0.2, 0.25) is 0 Å². The number of rotatable bonds is 7. The van der Waals surface area contributed by atoms with E-state index in [1.807, 2.05) is 18.2 Å². The van der Waals surface area contributed by atoms with E-state index in [9.17, 15) is 0 Å². The molecule has 0 atom stereocenters. The summed E-state index contributed by atoms with van der Waals surface area (Å²) in [5.74, 6) is 1.79. The quantitative estimate of drug-likeness (QED) is 0.718. The van der Waals surface area contributed by atoms with E-state index in [-0.39, 0.29) is 0 Å². The molecule has 1 aromatic rings. The standard InChI is InChI=1S/C13H19NO2/c1-15-7-8-16-13-4-2-3-12(9-13)14-10-11-5-6-11/h2-4,9,11,14H,5-8,10H2,1H3.